The number of fused-ring (bicyclic) bond motifs is 3. The van der Waals surface area contributed by atoms with E-state index in [1.807, 2.05) is 6.20 Å². The van der Waals surface area contributed by atoms with Crippen molar-refractivity contribution in [1.82, 2.24) is 24.6 Å². The Labute approximate surface area is 123 Å². The van der Waals surface area contributed by atoms with Gasteiger partial charge in [-0.25, -0.2) is 4.98 Å². The van der Waals surface area contributed by atoms with Crippen LogP contribution in [0.15, 0.2) is 30.1 Å². The Kier molecular flexibility index (Phi) is 2.80. The number of rotatable bonds is 2. The molecule has 5 nitrogen and oxygen atoms in total. The largest absolute Gasteiger partial charge is 0.345 e. The molecule has 1 N–H and O–H groups in total. The SMILES string of the molecule is C/C=C1\CC(CC)C(c2nnc3cnc4[nH]ccc4n23)C1. The predicted molar refractivity (Wildman–Crippen MR) is 82.2 cm³/mol. The number of nitrogens with one attached hydrogen (secondary N) is 1. The van der Waals surface area contributed by atoms with Crippen LogP contribution in [-0.4, -0.2) is 24.6 Å². The molecule has 21 heavy (non-hydrogen) atoms. The maximum absolute atomic E-state index is 4.51. The van der Waals surface area contributed by atoms with Crippen molar-refractivity contribution in [3.8, 4) is 0 Å². The Bertz CT molecular complexity index is 826. The molecule has 0 aliphatic heterocycles. The first-order valence-electron chi connectivity index (χ1n) is 7.63. The van der Waals surface area contributed by atoms with Crippen LogP contribution in [0.3, 0.4) is 0 Å². The molecule has 3 heterocycles. The van der Waals surface area contributed by atoms with Crippen molar-refractivity contribution in [2.75, 3.05) is 0 Å². The molecule has 3 aromatic heterocycles. The van der Waals surface area contributed by atoms with Gasteiger partial charge in [0, 0.05) is 12.1 Å². The zero-order chi connectivity index (χ0) is 14.4. The lowest BCUT2D eigenvalue weighted by Gasteiger charge is -2.15. The van der Waals surface area contributed by atoms with Crippen molar-refractivity contribution in [3.05, 3.63) is 35.9 Å². The molecule has 0 saturated heterocycles. The van der Waals surface area contributed by atoms with Crippen LogP contribution in [-0.2, 0) is 0 Å². The van der Waals surface area contributed by atoms with E-state index in [0.717, 1.165) is 29.1 Å². The Morgan fingerprint density at radius 2 is 2.29 bits per heavy atom. The van der Waals surface area contributed by atoms with E-state index < -0.39 is 0 Å². The molecule has 2 unspecified atom stereocenters. The van der Waals surface area contributed by atoms with E-state index >= 15 is 0 Å². The van der Waals surface area contributed by atoms with Gasteiger partial charge in [-0.15, -0.1) is 10.2 Å². The molecule has 0 spiro atoms. The molecule has 4 rings (SSSR count). The number of hydrogen-bond acceptors (Lipinski definition) is 3. The van der Waals surface area contributed by atoms with Gasteiger partial charge in [0.05, 0.1) is 11.7 Å². The summed E-state index contributed by atoms with van der Waals surface area (Å²) in [7, 11) is 0. The van der Waals surface area contributed by atoms with Crippen LogP contribution >= 0.6 is 0 Å². The second-order valence-corrected chi connectivity index (χ2v) is 5.85. The zero-order valence-corrected chi connectivity index (χ0v) is 12.4. The van der Waals surface area contributed by atoms with Crippen molar-refractivity contribution in [2.45, 2.75) is 39.0 Å². The minimum Gasteiger partial charge on any atom is -0.345 e. The molecule has 0 radical (unpaired) electrons. The molecular weight excluding hydrogens is 262 g/mol. The van der Waals surface area contributed by atoms with E-state index in [0.29, 0.717) is 11.8 Å². The lowest BCUT2D eigenvalue weighted by atomic mass is 9.93. The van der Waals surface area contributed by atoms with Crippen LogP contribution in [0.5, 0.6) is 0 Å². The average molecular weight is 281 g/mol. The van der Waals surface area contributed by atoms with Crippen molar-refractivity contribution in [3.63, 3.8) is 0 Å². The summed E-state index contributed by atoms with van der Waals surface area (Å²) >= 11 is 0. The Morgan fingerprint density at radius 1 is 1.38 bits per heavy atom. The zero-order valence-electron chi connectivity index (χ0n) is 12.4. The Morgan fingerprint density at radius 3 is 3.10 bits per heavy atom. The first kappa shape index (κ1) is 12.6. The Hall–Kier alpha value is -2.17. The van der Waals surface area contributed by atoms with Gasteiger partial charge in [0.15, 0.2) is 11.3 Å². The molecule has 1 saturated carbocycles. The maximum atomic E-state index is 4.51. The van der Waals surface area contributed by atoms with Gasteiger partial charge >= 0.3 is 0 Å². The second-order valence-electron chi connectivity index (χ2n) is 5.85. The first-order chi connectivity index (χ1) is 10.3. The van der Waals surface area contributed by atoms with Crippen LogP contribution in [0.4, 0.5) is 0 Å². The molecule has 3 aromatic rings. The molecule has 0 amide bonds. The van der Waals surface area contributed by atoms with E-state index in [1.54, 1.807) is 11.8 Å². The van der Waals surface area contributed by atoms with E-state index in [4.69, 9.17) is 0 Å². The van der Waals surface area contributed by atoms with Crippen LogP contribution < -0.4 is 0 Å². The van der Waals surface area contributed by atoms with Crippen molar-refractivity contribution in [2.24, 2.45) is 5.92 Å². The molecule has 1 aliphatic carbocycles. The number of nitrogens with zero attached hydrogens (tertiary/aromatic N) is 4. The van der Waals surface area contributed by atoms with Gasteiger partial charge in [-0.3, -0.25) is 4.40 Å². The summed E-state index contributed by atoms with van der Waals surface area (Å²) in [6, 6.07) is 2.05. The van der Waals surface area contributed by atoms with E-state index in [1.165, 1.54) is 12.8 Å². The van der Waals surface area contributed by atoms with E-state index in [-0.39, 0.29) is 0 Å². The maximum Gasteiger partial charge on any atom is 0.179 e. The van der Waals surface area contributed by atoms with Crippen LogP contribution in [0.1, 0.15) is 44.9 Å². The number of allylic oxidation sites excluding steroid dienone is 2. The number of aromatic nitrogens is 5. The van der Waals surface area contributed by atoms with Gasteiger partial charge in [0.2, 0.25) is 0 Å². The number of H-pyrrole nitrogens is 1. The highest BCUT2D eigenvalue weighted by atomic mass is 15.3. The lowest BCUT2D eigenvalue weighted by Crippen LogP contribution is -2.09. The lowest BCUT2D eigenvalue weighted by molar-refractivity contribution is 0.452. The van der Waals surface area contributed by atoms with Crippen molar-refractivity contribution >= 4 is 16.8 Å². The standard InChI is InChI=1S/C16H19N5/c1-3-10-7-11(4-2)12(8-10)16-20-19-14-9-18-15-13(21(14)16)5-6-17-15/h3,5-6,9,11-12,17H,4,7-8H2,1-2H3/b10-3+. The summed E-state index contributed by atoms with van der Waals surface area (Å²) in [6.07, 6.45) is 9.45. The fraction of sp³-hybridized carbons (Fsp3) is 0.438. The van der Waals surface area contributed by atoms with Crippen molar-refractivity contribution in [1.29, 1.82) is 0 Å². The smallest absolute Gasteiger partial charge is 0.179 e. The van der Waals surface area contributed by atoms with Crippen LogP contribution in [0, 0.1) is 5.92 Å². The molecule has 0 aromatic carbocycles. The van der Waals surface area contributed by atoms with Crippen LogP contribution in [0.2, 0.25) is 0 Å². The Balaban J connectivity index is 1.92. The quantitative estimate of drug-likeness (QED) is 0.732. The van der Waals surface area contributed by atoms with Crippen molar-refractivity contribution < 1.29 is 0 Å². The third-order valence-corrected chi connectivity index (χ3v) is 4.81. The third kappa shape index (κ3) is 1.80. The molecule has 0 bridgehead atoms. The third-order valence-electron chi connectivity index (χ3n) is 4.81. The second kappa shape index (κ2) is 4.69. The van der Waals surface area contributed by atoms with Gasteiger partial charge in [-0.1, -0.05) is 25.0 Å². The molecule has 1 aliphatic rings. The first-order valence-corrected chi connectivity index (χ1v) is 7.63. The topological polar surface area (TPSA) is 58.9 Å². The predicted octanol–water partition coefficient (Wildman–Crippen LogP) is 3.46. The monoisotopic (exact) mass is 281 g/mol. The van der Waals surface area contributed by atoms with Gasteiger partial charge in [-0.05, 0) is 31.7 Å². The summed E-state index contributed by atoms with van der Waals surface area (Å²) in [5.74, 6) is 2.20. The molecular formula is C16H19N5. The average Bonchev–Trinajstić information content (AvgIpc) is 3.22. The summed E-state index contributed by atoms with van der Waals surface area (Å²) in [5.41, 5.74) is 4.33. The summed E-state index contributed by atoms with van der Waals surface area (Å²) in [6.45, 7) is 4.41. The van der Waals surface area contributed by atoms with Gasteiger partial charge in [0.1, 0.15) is 5.82 Å². The van der Waals surface area contributed by atoms with E-state index in [9.17, 15) is 0 Å². The van der Waals surface area contributed by atoms with E-state index in [2.05, 4.69) is 50.6 Å². The fourth-order valence-electron chi connectivity index (χ4n) is 3.62. The number of hydrogen-bond donors (Lipinski definition) is 1. The van der Waals surface area contributed by atoms with Gasteiger partial charge in [0.25, 0.3) is 0 Å². The van der Waals surface area contributed by atoms with Gasteiger partial charge in [-0.2, -0.15) is 0 Å². The minimum absolute atomic E-state index is 0.455. The minimum atomic E-state index is 0.455. The highest BCUT2D eigenvalue weighted by molar-refractivity contribution is 5.74. The van der Waals surface area contributed by atoms with Crippen LogP contribution in [0.25, 0.3) is 16.8 Å². The molecule has 2 atom stereocenters. The number of aromatic amines is 1. The summed E-state index contributed by atoms with van der Waals surface area (Å²) in [4.78, 5) is 7.55. The molecule has 1 fully saturated rings. The normalized spacial score (nSPS) is 24.6. The highest BCUT2D eigenvalue weighted by Gasteiger charge is 2.33. The summed E-state index contributed by atoms with van der Waals surface area (Å²) in [5, 5.41) is 8.84. The summed E-state index contributed by atoms with van der Waals surface area (Å²) < 4.78 is 2.17. The van der Waals surface area contributed by atoms with Gasteiger partial charge < -0.3 is 4.98 Å². The molecule has 5 heteroatoms. The fourth-order valence-corrected chi connectivity index (χ4v) is 3.62. The highest BCUT2D eigenvalue weighted by Crippen LogP contribution is 2.44. The molecule has 108 valence electrons.